The van der Waals surface area contributed by atoms with E-state index < -0.39 is 4.92 Å². The van der Waals surface area contributed by atoms with Crippen LogP contribution in [0.15, 0.2) is 42.5 Å². The zero-order valence-electron chi connectivity index (χ0n) is 15.8. The number of amides is 1. The molecule has 0 fully saturated rings. The predicted octanol–water partition coefficient (Wildman–Crippen LogP) is 3.35. The second kappa shape index (κ2) is 8.83. The van der Waals surface area contributed by atoms with Gasteiger partial charge in [-0.3, -0.25) is 14.9 Å². The monoisotopic (exact) mass is 390 g/mol. The normalized spacial score (nSPS) is 11.9. The van der Waals surface area contributed by atoms with Crippen molar-refractivity contribution in [3.8, 4) is 0 Å². The van der Waals surface area contributed by atoms with E-state index in [0.717, 1.165) is 11.3 Å². The average Bonchev–Trinajstić information content (AvgIpc) is 2.61. The Bertz CT molecular complexity index is 822. The fraction of sp³-hybridized carbons (Fsp3) is 0.316. The molecular weight excluding hydrogens is 368 g/mol. The van der Waals surface area contributed by atoms with E-state index >= 15 is 0 Å². The van der Waals surface area contributed by atoms with E-state index in [9.17, 15) is 14.9 Å². The minimum Gasteiger partial charge on any atom is -0.378 e. The van der Waals surface area contributed by atoms with Crippen LogP contribution in [0.1, 0.15) is 22.0 Å². The van der Waals surface area contributed by atoms with Gasteiger partial charge in [-0.1, -0.05) is 23.7 Å². The Morgan fingerprint density at radius 3 is 2.26 bits per heavy atom. The molecule has 0 bridgehead atoms. The Hall–Kier alpha value is -2.64. The smallest absolute Gasteiger partial charge is 0.270 e. The Balaban J connectivity index is 2.11. The maximum atomic E-state index is 12.5. The fourth-order valence-corrected chi connectivity index (χ4v) is 2.94. The lowest BCUT2D eigenvalue weighted by molar-refractivity contribution is -0.384. The quantitative estimate of drug-likeness (QED) is 0.579. The number of nitro benzene ring substituents is 1. The van der Waals surface area contributed by atoms with Gasteiger partial charge in [0.2, 0.25) is 0 Å². The summed E-state index contributed by atoms with van der Waals surface area (Å²) in [4.78, 5) is 26.7. The number of nitro groups is 1. The summed E-state index contributed by atoms with van der Waals surface area (Å²) in [5.74, 6) is -0.369. The van der Waals surface area contributed by atoms with Crippen molar-refractivity contribution in [1.82, 2.24) is 10.2 Å². The van der Waals surface area contributed by atoms with E-state index in [2.05, 4.69) is 5.32 Å². The molecule has 2 rings (SSSR count). The first-order valence-corrected chi connectivity index (χ1v) is 8.74. The Morgan fingerprint density at radius 2 is 1.78 bits per heavy atom. The van der Waals surface area contributed by atoms with Crippen LogP contribution in [0.25, 0.3) is 0 Å². The van der Waals surface area contributed by atoms with E-state index in [4.69, 9.17) is 11.6 Å². The van der Waals surface area contributed by atoms with Crippen LogP contribution >= 0.6 is 11.6 Å². The number of carbonyl (C=O) groups is 1. The van der Waals surface area contributed by atoms with Crippen LogP contribution in [0, 0.1) is 10.1 Å². The summed E-state index contributed by atoms with van der Waals surface area (Å²) in [6.07, 6.45) is 0. The molecule has 1 N–H and O–H groups in total. The zero-order valence-corrected chi connectivity index (χ0v) is 16.5. The number of rotatable bonds is 7. The second-order valence-corrected chi connectivity index (χ2v) is 7.00. The minimum atomic E-state index is -0.549. The molecule has 8 heteroatoms. The van der Waals surface area contributed by atoms with Crippen molar-refractivity contribution in [2.24, 2.45) is 0 Å². The highest BCUT2D eigenvalue weighted by molar-refractivity contribution is 6.34. The number of anilines is 1. The summed E-state index contributed by atoms with van der Waals surface area (Å²) >= 11 is 6.03. The molecule has 0 aliphatic heterocycles. The van der Waals surface area contributed by atoms with Crippen molar-refractivity contribution < 1.29 is 9.72 Å². The third kappa shape index (κ3) is 5.18. The first-order chi connectivity index (χ1) is 12.7. The topological polar surface area (TPSA) is 78.7 Å². The number of non-ortho nitro benzene ring substituents is 1. The van der Waals surface area contributed by atoms with Crippen molar-refractivity contribution in [2.45, 2.75) is 6.04 Å². The molecular formula is C19H23ClN4O3. The predicted molar refractivity (Wildman–Crippen MR) is 108 cm³/mol. The molecule has 1 amide bonds. The maximum absolute atomic E-state index is 12.5. The number of likely N-dealkylation sites (N-methyl/N-ethyl adjacent to an activating group) is 1. The SMILES string of the molecule is CN(C)c1ccc([C@@H](CNC(=O)c2ccc([N+](=O)[O-])cc2Cl)N(C)C)cc1. The second-order valence-electron chi connectivity index (χ2n) is 6.60. The molecule has 144 valence electrons. The van der Waals surface area contributed by atoms with Gasteiger partial charge in [-0.2, -0.15) is 0 Å². The van der Waals surface area contributed by atoms with Gasteiger partial charge in [0.1, 0.15) is 0 Å². The van der Waals surface area contributed by atoms with Gasteiger partial charge < -0.3 is 15.1 Å². The number of nitrogens with one attached hydrogen (secondary N) is 1. The molecule has 0 spiro atoms. The van der Waals surface area contributed by atoms with Crippen LogP contribution in [0.5, 0.6) is 0 Å². The molecule has 2 aromatic carbocycles. The van der Waals surface area contributed by atoms with Crippen molar-refractivity contribution in [2.75, 3.05) is 39.6 Å². The molecule has 0 aliphatic rings. The fourth-order valence-electron chi connectivity index (χ4n) is 2.68. The van der Waals surface area contributed by atoms with E-state index in [0.29, 0.717) is 6.54 Å². The van der Waals surface area contributed by atoms with Gasteiger partial charge in [-0.05, 0) is 37.9 Å². The number of hydrogen-bond donors (Lipinski definition) is 1. The van der Waals surface area contributed by atoms with Crippen LogP contribution in [0.2, 0.25) is 5.02 Å². The van der Waals surface area contributed by atoms with Gasteiger partial charge in [-0.25, -0.2) is 0 Å². The number of hydrogen-bond acceptors (Lipinski definition) is 5. The third-order valence-corrected chi connectivity index (χ3v) is 4.59. The van der Waals surface area contributed by atoms with Crippen molar-refractivity contribution in [1.29, 1.82) is 0 Å². The first kappa shape index (κ1) is 20.7. The van der Waals surface area contributed by atoms with E-state index in [1.54, 1.807) is 0 Å². The lowest BCUT2D eigenvalue weighted by atomic mass is 10.0. The highest BCUT2D eigenvalue weighted by Crippen LogP contribution is 2.24. The lowest BCUT2D eigenvalue weighted by Crippen LogP contribution is -2.34. The molecule has 0 saturated heterocycles. The van der Waals surface area contributed by atoms with Crippen LogP contribution in [-0.4, -0.2) is 50.5 Å². The summed E-state index contributed by atoms with van der Waals surface area (Å²) in [6, 6.07) is 11.9. The summed E-state index contributed by atoms with van der Waals surface area (Å²) in [7, 11) is 7.84. The Morgan fingerprint density at radius 1 is 1.15 bits per heavy atom. The largest absolute Gasteiger partial charge is 0.378 e. The third-order valence-electron chi connectivity index (χ3n) is 4.28. The van der Waals surface area contributed by atoms with E-state index in [-0.39, 0.29) is 28.2 Å². The van der Waals surface area contributed by atoms with Gasteiger partial charge in [0.25, 0.3) is 11.6 Å². The molecule has 0 heterocycles. The van der Waals surface area contributed by atoms with E-state index in [1.807, 2.05) is 62.3 Å². The molecule has 0 radical (unpaired) electrons. The number of benzene rings is 2. The van der Waals surface area contributed by atoms with Crippen LogP contribution in [0.3, 0.4) is 0 Å². The zero-order chi connectivity index (χ0) is 20.1. The van der Waals surface area contributed by atoms with Crippen LogP contribution in [0.4, 0.5) is 11.4 Å². The summed E-state index contributed by atoms with van der Waals surface area (Å²) in [6.45, 7) is 0.375. The summed E-state index contributed by atoms with van der Waals surface area (Å²) in [5, 5.41) is 13.7. The van der Waals surface area contributed by atoms with Gasteiger partial charge in [-0.15, -0.1) is 0 Å². The average molecular weight is 391 g/mol. The molecule has 0 saturated carbocycles. The van der Waals surface area contributed by atoms with Crippen LogP contribution < -0.4 is 10.2 Å². The van der Waals surface area contributed by atoms with Gasteiger partial charge in [0.05, 0.1) is 21.6 Å². The Labute approximate surface area is 163 Å². The molecule has 7 nitrogen and oxygen atoms in total. The summed E-state index contributed by atoms with van der Waals surface area (Å²) in [5.41, 5.74) is 2.23. The number of halogens is 1. The van der Waals surface area contributed by atoms with Gasteiger partial charge in [0.15, 0.2) is 0 Å². The van der Waals surface area contributed by atoms with E-state index in [1.165, 1.54) is 18.2 Å². The van der Waals surface area contributed by atoms with Crippen molar-refractivity contribution in [3.05, 3.63) is 68.7 Å². The highest BCUT2D eigenvalue weighted by Gasteiger charge is 2.18. The van der Waals surface area contributed by atoms with Crippen molar-refractivity contribution in [3.63, 3.8) is 0 Å². The minimum absolute atomic E-state index is 0.0259. The molecule has 0 aliphatic carbocycles. The van der Waals surface area contributed by atoms with Gasteiger partial charge in [0, 0.05) is 38.5 Å². The molecule has 1 atom stereocenters. The molecule has 27 heavy (non-hydrogen) atoms. The van der Waals surface area contributed by atoms with Gasteiger partial charge >= 0.3 is 0 Å². The molecule has 0 aromatic heterocycles. The highest BCUT2D eigenvalue weighted by atomic mass is 35.5. The van der Waals surface area contributed by atoms with Crippen molar-refractivity contribution >= 4 is 28.9 Å². The lowest BCUT2D eigenvalue weighted by Gasteiger charge is -2.26. The Kier molecular flexibility index (Phi) is 6.76. The number of nitrogens with zero attached hydrogens (tertiary/aromatic N) is 3. The summed E-state index contributed by atoms with van der Waals surface area (Å²) < 4.78 is 0. The number of carbonyl (C=O) groups excluding carboxylic acids is 1. The van der Waals surface area contributed by atoms with Crippen LogP contribution in [-0.2, 0) is 0 Å². The standard InChI is InChI=1S/C19H23ClN4O3/c1-22(2)14-7-5-13(6-8-14)18(23(3)4)12-21-19(25)16-10-9-15(24(26)27)11-17(16)20/h5-11,18H,12H2,1-4H3,(H,21,25)/t18-/m1/s1. The first-order valence-electron chi connectivity index (χ1n) is 8.36. The molecule has 0 unspecified atom stereocenters. The molecule has 2 aromatic rings. The maximum Gasteiger partial charge on any atom is 0.270 e.